The van der Waals surface area contributed by atoms with Gasteiger partial charge in [0.05, 0.1) is 5.45 Å². The highest BCUT2D eigenvalue weighted by atomic mass is 79.9. The molecule has 0 atom stereocenters. The van der Waals surface area contributed by atoms with Crippen LogP contribution in [0, 0.1) is 0 Å². The maximum Gasteiger partial charge on any atom is 0.0732 e. The fourth-order valence-electron chi connectivity index (χ4n) is 0.906. The normalized spacial score (nSPS) is 9.92. The van der Waals surface area contributed by atoms with Crippen LogP contribution in [0.3, 0.4) is 0 Å². The molecule has 0 spiro atoms. The zero-order valence-corrected chi connectivity index (χ0v) is 9.65. The Morgan fingerprint density at radius 1 is 1.33 bits per heavy atom. The Labute approximate surface area is 86.3 Å². The summed E-state index contributed by atoms with van der Waals surface area (Å²) in [6, 6.07) is 8.54. The van der Waals surface area contributed by atoms with Gasteiger partial charge in [-0.05, 0) is 30.5 Å². The minimum atomic E-state index is 0.867. The molecule has 1 nitrogen and oxygen atoms in total. The van der Waals surface area contributed by atoms with Gasteiger partial charge in [0.1, 0.15) is 0 Å². The smallest absolute Gasteiger partial charge is 0.0732 e. The van der Waals surface area contributed by atoms with Gasteiger partial charge in [0, 0.05) is 17.6 Å². The molecule has 1 rings (SSSR count). The van der Waals surface area contributed by atoms with Crippen LogP contribution < -0.4 is 4.90 Å². The summed E-state index contributed by atoms with van der Waals surface area (Å²) in [5, 5.41) is 0. The van der Waals surface area contributed by atoms with Gasteiger partial charge in [-0.15, -0.1) is 11.8 Å². The van der Waals surface area contributed by atoms with E-state index >= 15 is 0 Å². The van der Waals surface area contributed by atoms with Crippen molar-refractivity contribution in [2.24, 2.45) is 0 Å². The van der Waals surface area contributed by atoms with E-state index in [1.807, 2.05) is 0 Å². The van der Waals surface area contributed by atoms with Crippen LogP contribution >= 0.6 is 27.7 Å². The Hall–Kier alpha value is -0.150. The second-order valence-electron chi connectivity index (χ2n) is 2.52. The van der Waals surface area contributed by atoms with Crippen LogP contribution in [0.2, 0.25) is 0 Å². The lowest BCUT2D eigenvalue weighted by Crippen LogP contribution is -2.13. The molecule has 0 fully saturated rings. The third kappa shape index (κ3) is 2.42. The van der Waals surface area contributed by atoms with Crippen LogP contribution in [-0.2, 0) is 0 Å². The number of halogens is 1. The van der Waals surface area contributed by atoms with Gasteiger partial charge < -0.3 is 4.90 Å². The summed E-state index contributed by atoms with van der Waals surface area (Å²) < 4.78 is 0. The lowest BCUT2D eigenvalue weighted by Gasteiger charge is -2.15. The van der Waals surface area contributed by atoms with E-state index in [1.54, 1.807) is 11.8 Å². The third-order valence-corrected chi connectivity index (χ3v) is 3.19. The minimum absolute atomic E-state index is 0.867. The summed E-state index contributed by atoms with van der Waals surface area (Å²) in [6.45, 7) is 0. The zero-order chi connectivity index (χ0) is 8.97. The highest BCUT2D eigenvalue weighted by molar-refractivity contribution is 9.09. The molecule has 0 N–H and O–H groups in total. The molecule has 1 aromatic rings. The molecule has 0 aromatic heterocycles. The van der Waals surface area contributed by atoms with E-state index in [1.165, 1.54) is 10.6 Å². The van der Waals surface area contributed by atoms with Crippen LogP contribution in [0.15, 0.2) is 29.2 Å². The van der Waals surface area contributed by atoms with Crippen LogP contribution in [0.5, 0.6) is 0 Å². The summed E-state index contributed by atoms with van der Waals surface area (Å²) in [6.07, 6.45) is 2.09. The predicted molar refractivity (Wildman–Crippen MR) is 60.4 cm³/mol. The first-order chi connectivity index (χ1) is 5.77. The van der Waals surface area contributed by atoms with E-state index in [4.69, 9.17) is 0 Å². The molecule has 0 bridgehead atoms. The molecule has 0 heterocycles. The number of nitrogens with zero attached hydrogens (tertiary/aromatic N) is 1. The molecule has 0 aliphatic rings. The monoisotopic (exact) mass is 245 g/mol. The summed E-state index contributed by atoms with van der Waals surface area (Å²) in [5.41, 5.74) is 2.11. The van der Waals surface area contributed by atoms with Crippen LogP contribution in [-0.4, -0.2) is 18.8 Å². The van der Waals surface area contributed by atoms with Crippen molar-refractivity contribution in [3.63, 3.8) is 0 Å². The maximum atomic E-state index is 3.41. The molecule has 0 saturated heterocycles. The Bertz CT molecular complexity index is 235. The van der Waals surface area contributed by atoms with Crippen LogP contribution in [0.4, 0.5) is 5.69 Å². The van der Waals surface area contributed by atoms with Crippen LogP contribution in [0.25, 0.3) is 0 Å². The van der Waals surface area contributed by atoms with Gasteiger partial charge >= 0.3 is 0 Å². The highest BCUT2D eigenvalue weighted by Gasteiger charge is 1.97. The molecular formula is C9H12BrNS. The van der Waals surface area contributed by atoms with Crippen molar-refractivity contribution in [2.45, 2.75) is 4.90 Å². The molecule has 12 heavy (non-hydrogen) atoms. The van der Waals surface area contributed by atoms with Crippen molar-refractivity contribution >= 4 is 33.4 Å². The quantitative estimate of drug-likeness (QED) is 0.457. The van der Waals surface area contributed by atoms with Gasteiger partial charge in [0.15, 0.2) is 0 Å². The molecule has 0 unspecified atom stereocenters. The third-order valence-electron chi connectivity index (χ3n) is 1.69. The van der Waals surface area contributed by atoms with E-state index in [-0.39, 0.29) is 0 Å². The van der Waals surface area contributed by atoms with Crippen molar-refractivity contribution in [1.82, 2.24) is 0 Å². The number of rotatable bonds is 3. The average Bonchev–Trinajstić information content (AvgIpc) is 2.17. The Balaban J connectivity index is 2.77. The molecule has 0 aliphatic heterocycles. The fourth-order valence-corrected chi connectivity index (χ4v) is 1.60. The number of thioether (sulfide) groups is 1. The van der Waals surface area contributed by atoms with Crippen molar-refractivity contribution in [3.05, 3.63) is 24.3 Å². The topological polar surface area (TPSA) is 3.24 Å². The maximum absolute atomic E-state index is 3.41. The SMILES string of the molecule is CSc1ccc(N(C)CBr)cc1. The largest absolute Gasteiger partial charge is 0.365 e. The molecule has 0 radical (unpaired) electrons. The molecule has 1 aromatic carbocycles. The standard InChI is InChI=1S/C9H12BrNS/c1-11(7-10)8-3-5-9(12-2)6-4-8/h3-6H,7H2,1-2H3. The van der Waals surface area contributed by atoms with Gasteiger partial charge in [0.2, 0.25) is 0 Å². The number of hydrogen-bond donors (Lipinski definition) is 0. The van der Waals surface area contributed by atoms with E-state index in [0.717, 1.165) is 5.45 Å². The summed E-state index contributed by atoms with van der Waals surface area (Å²) >= 11 is 5.17. The predicted octanol–water partition coefficient (Wildman–Crippen LogP) is 3.20. The Morgan fingerprint density at radius 3 is 2.33 bits per heavy atom. The fraction of sp³-hybridized carbons (Fsp3) is 0.333. The number of anilines is 1. The Kier molecular flexibility index (Phi) is 3.95. The van der Waals surface area contributed by atoms with Crippen molar-refractivity contribution in [3.8, 4) is 0 Å². The molecular weight excluding hydrogens is 234 g/mol. The molecule has 0 amide bonds. The van der Waals surface area contributed by atoms with Crippen molar-refractivity contribution < 1.29 is 0 Å². The minimum Gasteiger partial charge on any atom is -0.365 e. The second kappa shape index (κ2) is 4.77. The first-order valence-corrected chi connectivity index (χ1v) is 6.03. The van der Waals surface area contributed by atoms with Gasteiger partial charge in [0.25, 0.3) is 0 Å². The lowest BCUT2D eigenvalue weighted by molar-refractivity contribution is 1.10. The van der Waals surface area contributed by atoms with E-state index in [0.29, 0.717) is 0 Å². The van der Waals surface area contributed by atoms with Crippen LogP contribution in [0.1, 0.15) is 0 Å². The molecule has 0 saturated carbocycles. The first kappa shape index (κ1) is 9.93. The zero-order valence-electron chi connectivity index (χ0n) is 7.25. The first-order valence-electron chi connectivity index (χ1n) is 3.69. The van der Waals surface area contributed by atoms with Gasteiger partial charge in [-0.1, -0.05) is 15.9 Å². The summed E-state index contributed by atoms with van der Waals surface area (Å²) in [4.78, 5) is 3.45. The molecule has 0 aliphatic carbocycles. The molecule has 66 valence electrons. The number of hydrogen-bond acceptors (Lipinski definition) is 2. The van der Waals surface area contributed by atoms with Crippen molar-refractivity contribution in [1.29, 1.82) is 0 Å². The number of alkyl halides is 1. The molecule has 3 heteroatoms. The van der Waals surface area contributed by atoms with Crippen molar-refractivity contribution in [2.75, 3.05) is 23.7 Å². The highest BCUT2D eigenvalue weighted by Crippen LogP contribution is 2.19. The van der Waals surface area contributed by atoms with Gasteiger partial charge in [-0.25, -0.2) is 0 Å². The Morgan fingerprint density at radius 2 is 1.92 bits per heavy atom. The van der Waals surface area contributed by atoms with Gasteiger partial charge in [-0.2, -0.15) is 0 Å². The van der Waals surface area contributed by atoms with Gasteiger partial charge in [-0.3, -0.25) is 0 Å². The second-order valence-corrected chi connectivity index (χ2v) is 3.90. The average molecular weight is 246 g/mol. The van der Waals surface area contributed by atoms with E-state index < -0.39 is 0 Å². The van der Waals surface area contributed by atoms with E-state index in [2.05, 4.69) is 58.4 Å². The lowest BCUT2D eigenvalue weighted by atomic mass is 10.3. The summed E-state index contributed by atoms with van der Waals surface area (Å²) in [7, 11) is 2.06. The van der Waals surface area contributed by atoms with E-state index in [9.17, 15) is 0 Å². The summed E-state index contributed by atoms with van der Waals surface area (Å²) in [5.74, 6) is 0. The number of benzene rings is 1.